The molecule has 2 aromatic carbocycles. The Morgan fingerprint density at radius 3 is 1.63 bits per heavy atom. The number of hydrogen-bond acceptors (Lipinski definition) is 2. The first-order valence-electron chi connectivity index (χ1n) is 10.6. The van der Waals surface area contributed by atoms with Gasteiger partial charge < -0.3 is 9.47 Å². The highest BCUT2D eigenvalue weighted by molar-refractivity contribution is 5.39. The molecule has 0 amide bonds. The molecule has 0 N–H and O–H groups in total. The third kappa shape index (κ3) is 6.19. The van der Waals surface area contributed by atoms with Crippen molar-refractivity contribution in [2.24, 2.45) is 0 Å². The predicted octanol–water partition coefficient (Wildman–Crippen LogP) is 6.73. The molecule has 0 aromatic heterocycles. The Hall–Kier alpha value is -1.64. The molecule has 0 heterocycles. The number of ether oxygens (including phenoxy) is 2. The molecule has 2 heteroatoms. The molecule has 148 valence electrons. The molecule has 0 bridgehead atoms. The molecule has 0 aliphatic rings. The summed E-state index contributed by atoms with van der Waals surface area (Å²) in [4.78, 5) is 0. The fourth-order valence-corrected chi connectivity index (χ4v) is 4.02. The van der Waals surface area contributed by atoms with Gasteiger partial charge in [-0.05, 0) is 50.7 Å². The summed E-state index contributed by atoms with van der Waals surface area (Å²) in [7, 11) is 0. The van der Waals surface area contributed by atoms with Crippen LogP contribution in [0.3, 0.4) is 0 Å². The molecule has 0 aliphatic heterocycles. The fraction of sp³-hybridized carbons (Fsp3) is 0.520. The first-order chi connectivity index (χ1) is 13.3. The molecule has 0 unspecified atom stereocenters. The van der Waals surface area contributed by atoms with E-state index in [1.807, 2.05) is 13.8 Å². The minimum atomic E-state index is -0.0876. The van der Waals surface area contributed by atoms with E-state index in [4.69, 9.17) is 9.47 Å². The van der Waals surface area contributed by atoms with Crippen LogP contribution in [0.15, 0.2) is 60.7 Å². The van der Waals surface area contributed by atoms with Gasteiger partial charge >= 0.3 is 0 Å². The molecule has 0 radical (unpaired) electrons. The van der Waals surface area contributed by atoms with Crippen LogP contribution < -0.4 is 0 Å². The zero-order chi connectivity index (χ0) is 19.4. The van der Waals surface area contributed by atoms with Gasteiger partial charge in [-0.15, -0.1) is 0 Å². The molecule has 0 saturated carbocycles. The summed E-state index contributed by atoms with van der Waals surface area (Å²) in [6, 6.07) is 22.1. The lowest BCUT2D eigenvalue weighted by atomic mass is 9.68. The lowest BCUT2D eigenvalue weighted by Gasteiger charge is -2.36. The van der Waals surface area contributed by atoms with Crippen LogP contribution in [-0.4, -0.2) is 19.5 Å². The fourth-order valence-electron chi connectivity index (χ4n) is 4.02. The van der Waals surface area contributed by atoms with Gasteiger partial charge in [0.2, 0.25) is 0 Å². The summed E-state index contributed by atoms with van der Waals surface area (Å²) in [6.07, 6.45) is 6.65. The summed E-state index contributed by atoms with van der Waals surface area (Å²) in [6.45, 7) is 7.74. The van der Waals surface area contributed by atoms with Gasteiger partial charge in [-0.25, -0.2) is 0 Å². The van der Waals surface area contributed by atoms with E-state index in [0.29, 0.717) is 13.2 Å². The Morgan fingerprint density at radius 1 is 0.704 bits per heavy atom. The van der Waals surface area contributed by atoms with Crippen LogP contribution in [0.4, 0.5) is 0 Å². The summed E-state index contributed by atoms with van der Waals surface area (Å²) < 4.78 is 11.5. The molecule has 2 aromatic rings. The van der Waals surface area contributed by atoms with Crippen molar-refractivity contribution < 1.29 is 9.47 Å². The van der Waals surface area contributed by atoms with Crippen LogP contribution in [0, 0.1) is 0 Å². The van der Waals surface area contributed by atoms with Crippen LogP contribution in [0.1, 0.15) is 70.4 Å². The van der Waals surface area contributed by atoms with Gasteiger partial charge in [-0.3, -0.25) is 0 Å². The van der Waals surface area contributed by atoms with Crippen molar-refractivity contribution in [2.45, 2.75) is 71.0 Å². The average molecular weight is 369 g/mol. The molecule has 0 spiro atoms. The Labute approximate surface area is 165 Å². The average Bonchev–Trinajstić information content (AvgIpc) is 2.72. The van der Waals surface area contributed by atoms with Crippen molar-refractivity contribution in [3.63, 3.8) is 0 Å². The quantitative estimate of drug-likeness (QED) is 0.365. The second-order valence-corrected chi connectivity index (χ2v) is 7.15. The van der Waals surface area contributed by atoms with Crippen molar-refractivity contribution >= 4 is 0 Å². The summed E-state index contributed by atoms with van der Waals surface area (Å²) in [5.41, 5.74) is 2.91. The van der Waals surface area contributed by atoms with E-state index in [9.17, 15) is 0 Å². The van der Waals surface area contributed by atoms with Gasteiger partial charge in [0.05, 0.1) is 0 Å². The first-order valence-corrected chi connectivity index (χ1v) is 10.6. The second kappa shape index (κ2) is 11.9. The Balaban J connectivity index is 2.27. The third-order valence-electron chi connectivity index (χ3n) is 5.36. The van der Waals surface area contributed by atoms with Gasteiger partial charge in [0.1, 0.15) is 0 Å². The van der Waals surface area contributed by atoms with E-state index in [0.717, 1.165) is 19.3 Å². The lowest BCUT2D eigenvalue weighted by Crippen LogP contribution is -2.29. The van der Waals surface area contributed by atoms with Crippen molar-refractivity contribution in [2.75, 3.05) is 13.2 Å². The monoisotopic (exact) mass is 368 g/mol. The molecule has 0 saturated heterocycles. The van der Waals surface area contributed by atoms with Crippen molar-refractivity contribution in [1.82, 2.24) is 0 Å². The van der Waals surface area contributed by atoms with E-state index in [1.165, 1.54) is 30.4 Å². The molecule has 2 nitrogen and oxygen atoms in total. The number of rotatable bonds is 13. The van der Waals surface area contributed by atoms with E-state index >= 15 is 0 Å². The summed E-state index contributed by atoms with van der Waals surface area (Å²) in [5.74, 6) is 0. The predicted molar refractivity (Wildman–Crippen MR) is 114 cm³/mol. The van der Waals surface area contributed by atoms with Gasteiger partial charge in [0.15, 0.2) is 6.29 Å². The summed E-state index contributed by atoms with van der Waals surface area (Å²) in [5, 5.41) is 0. The molecule has 2 rings (SSSR count). The molecular weight excluding hydrogens is 332 g/mol. The van der Waals surface area contributed by atoms with E-state index in [-0.39, 0.29) is 11.7 Å². The van der Waals surface area contributed by atoms with Gasteiger partial charge in [0.25, 0.3) is 0 Å². The highest BCUT2D eigenvalue weighted by Gasteiger charge is 2.33. The SMILES string of the molecule is CCCCC(CCCC(OCC)OCC)(c1ccccc1)c1ccccc1. The molecule has 0 fully saturated rings. The Morgan fingerprint density at radius 2 is 1.19 bits per heavy atom. The molecule has 0 atom stereocenters. The van der Waals surface area contributed by atoms with Gasteiger partial charge in [0, 0.05) is 18.6 Å². The van der Waals surface area contributed by atoms with Crippen LogP contribution in [0.25, 0.3) is 0 Å². The Kier molecular flexibility index (Phi) is 9.58. The zero-order valence-electron chi connectivity index (χ0n) is 17.3. The topological polar surface area (TPSA) is 18.5 Å². The zero-order valence-corrected chi connectivity index (χ0v) is 17.3. The van der Waals surface area contributed by atoms with Crippen LogP contribution in [-0.2, 0) is 14.9 Å². The van der Waals surface area contributed by atoms with E-state index in [1.54, 1.807) is 0 Å². The first kappa shape index (κ1) is 21.7. The highest BCUT2D eigenvalue weighted by Crippen LogP contribution is 2.41. The standard InChI is InChI=1S/C25H36O2/c1-4-7-20-25(22-15-10-8-11-16-22,23-17-12-9-13-18-23)21-14-19-24(26-5-2)27-6-3/h8-13,15-18,24H,4-7,14,19-21H2,1-3H3. The van der Waals surface area contributed by atoms with Gasteiger partial charge in [-0.2, -0.15) is 0 Å². The highest BCUT2D eigenvalue weighted by atomic mass is 16.7. The summed E-state index contributed by atoms with van der Waals surface area (Å²) >= 11 is 0. The lowest BCUT2D eigenvalue weighted by molar-refractivity contribution is -0.140. The number of hydrogen-bond donors (Lipinski definition) is 0. The second-order valence-electron chi connectivity index (χ2n) is 7.15. The minimum Gasteiger partial charge on any atom is -0.353 e. The maximum atomic E-state index is 5.77. The van der Waals surface area contributed by atoms with E-state index < -0.39 is 0 Å². The maximum absolute atomic E-state index is 5.77. The van der Waals surface area contributed by atoms with Gasteiger partial charge in [-0.1, -0.05) is 80.4 Å². The maximum Gasteiger partial charge on any atom is 0.157 e. The van der Waals surface area contributed by atoms with Crippen molar-refractivity contribution in [1.29, 1.82) is 0 Å². The van der Waals surface area contributed by atoms with Crippen LogP contribution in [0.5, 0.6) is 0 Å². The normalized spacial score (nSPS) is 11.9. The largest absolute Gasteiger partial charge is 0.353 e. The van der Waals surface area contributed by atoms with E-state index in [2.05, 4.69) is 67.6 Å². The number of benzene rings is 2. The van der Waals surface area contributed by atoms with Crippen LogP contribution in [0.2, 0.25) is 0 Å². The smallest absolute Gasteiger partial charge is 0.157 e. The molecule has 0 aliphatic carbocycles. The third-order valence-corrected chi connectivity index (χ3v) is 5.36. The Bertz CT molecular complexity index is 563. The molecule has 27 heavy (non-hydrogen) atoms. The van der Waals surface area contributed by atoms with Crippen LogP contribution >= 0.6 is 0 Å². The number of unbranched alkanes of at least 4 members (excludes halogenated alkanes) is 1. The van der Waals surface area contributed by atoms with Crippen molar-refractivity contribution in [3.8, 4) is 0 Å². The molecular formula is C25H36O2. The minimum absolute atomic E-state index is 0.0571. The van der Waals surface area contributed by atoms with Crippen molar-refractivity contribution in [3.05, 3.63) is 71.8 Å².